The van der Waals surface area contributed by atoms with Crippen molar-refractivity contribution in [3.8, 4) is 0 Å². The molecule has 2 N–H and O–H groups in total. The molecule has 0 aliphatic carbocycles. The lowest BCUT2D eigenvalue weighted by molar-refractivity contribution is 0.139. The minimum atomic E-state index is -0.0920. The molecule has 66 valence electrons. The van der Waals surface area contributed by atoms with E-state index in [0.717, 1.165) is 19.4 Å². The van der Waals surface area contributed by atoms with E-state index in [2.05, 4.69) is 5.32 Å². The number of hydrogen-bond donors (Lipinski definition) is 2. The Balaban J connectivity index is 2.13. The Morgan fingerprint density at radius 1 is 1.55 bits per heavy atom. The van der Waals surface area contributed by atoms with Gasteiger partial charge in [0.15, 0.2) is 0 Å². The van der Waals surface area contributed by atoms with Gasteiger partial charge in [-0.2, -0.15) is 0 Å². The number of aliphatic hydroxyl groups is 1. The van der Waals surface area contributed by atoms with E-state index < -0.39 is 0 Å². The van der Waals surface area contributed by atoms with E-state index in [1.165, 1.54) is 19.3 Å². The van der Waals surface area contributed by atoms with Crippen LogP contribution >= 0.6 is 0 Å². The Kier molecular flexibility index (Phi) is 3.87. The molecule has 0 aromatic heterocycles. The normalized spacial score (nSPS) is 28.4. The average molecular weight is 157 g/mol. The molecule has 1 fully saturated rings. The molecule has 1 aliphatic heterocycles. The first-order valence-electron chi connectivity index (χ1n) is 4.74. The van der Waals surface area contributed by atoms with Crippen LogP contribution in [0, 0.1) is 0 Å². The van der Waals surface area contributed by atoms with Gasteiger partial charge in [-0.1, -0.05) is 13.3 Å². The number of aliphatic hydroxyl groups excluding tert-OH is 1. The van der Waals surface area contributed by atoms with Crippen LogP contribution in [0.2, 0.25) is 0 Å². The van der Waals surface area contributed by atoms with Gasteiger partial charge in [0, 0.05) is 6.04 Å². The second-order valence-corrected chi connectivity index (χ2v) is 3.44. The molecule has 0 aromatic carbocycles. The summed E-state index contributed by atoms with van der Waals surface area (Å²) in [5.41, 5.74) is 0. The fraction of sp³-hybridized carbons (Fsp3) is 1.00. The number of piperidine rings is 1. The Morgan fingerprint density at radius 3 is 2.91 bits per heavy atom. The van der Waals surface area contributed by atoms with Crippen molar-refractivity contribution in [2.24, 2.45) is 0 Å². The Hall–Kier alpha value is -0.0800. The van der Waals surface area contributed by atoms with Crippen LogP contribution in [0.1, 0.15) is 39.0 Å². The highest BCUT2D eigenvalue weighted by molar-refractivity contribution is 4.74. The Labute approximate surface area is 69.0 Å². The fourth-order valence-corrected chi connectivity index (χ4v) is 1.62. The second kappa shape index (κ2) is 4.73. The van der Waals surface area contributed by atoms with Crippen molar-refractivity contribution in [3.63, 3.8) is 0 Å². The van der Waals surface area contributed by atoms with Gasteiger partial charge in [-0.05, 0) is 32.2 Å². The van der Waals surface area contributed by atoms with E-state index in [1.807, 2.05) is 6.92 Å². The minimum Gasteiger partial charge on any atom is -0.393 e. The van der Waals surface area contributed by atoms with Gasteiger partial charge < -0.3 is 10.4 Å². The van der Waals surface area contributed by atoms with Crippen LogP contribution in [-0.4, -0.2) is 23.8 Å². The quantitative estimate of drug-likeness (QED) is 0.647. The zero-order valence-electron chi connectivity index (χ0n) is 7.34. The lowest BCUT2D eigenvalue weighted by Gasteiger charge is -2.25. The average Bonchev–Trinajstić information content (AvgIpc) is 2.06. The highest BCUT2D eigenvalue weighted by Crippen LogP contribution is 2.12. The lowest BCUT2D eigenvalue weighted by atomic mass is 9.98. The smallest absolute Gasteiger partial charge is 0.0552 e. The molecule has 0 bridgehead atoms. The molecule has 11 heavy (non-hydrogen) atoms. The lowest BCUT2D eigenvalue weighted by Crippen LogP contribution is -2.36. The minimum absolute atomic E-state index is 0.0920. The summed E-state index contributed by atoms with van der Waals surface area (Å²) in [6.07, 6.45) is 5.61. The molecule has 0 aromatic rings. The molecule has 2 unspecified atom stereocenters. The summed E-state index contributed by atoms with van der Waals surface area (Å²) in [7, 11) is 0. The standard InChI is InChI=1S/C9H19NO/c1-2-9(11)7-8-5-3-4-6-10-8/h8-11H,2-7H2,1H3. The molecule has 0 saturated carbocycles. The van der Waals surface area contributed by atoms with E-state index in [9.17, 15) is 5.11 Å². The molecule has 2 atom stereocenters. The van der Waals surface area contributed by atoms with E-state index in [4.69, 9.17) is 0 Å². The van der Waals surface area contributed by atoms with Crippen LogP contribution in [-0.2, 0) is 0 Å². The molecule has 1 saturated heterocycles. The summed E-state index contributed by atoms with van der Waals surface area (Å²) in [5, 5.41) is 12.8. The van der Waals surface area contributed by atoms with Gasteiger partial charge in [0.2, 0.25) is 0 Å². The van der Waals surface area contributed by atoms with Gasteiger partial charge in [0.05, 0.1) is 6.10 Å². The van der Waals surface area contributed by atoms with Gasteiger partial charge >= 0.3 is 0 Å². The maximum Gasteiger partial charge on any atom is 0.0552 e. The van der Waals surface area contributed by atoms with E-state index in [0.29, 0.717) is 6.04 Å². The Morgan fingerprint density at radius 2 is 2.36 bits per heavy atom. The van der Waals surface area contributed by atoms with Crippen LogP contribution in [0.25, 0.3) is 0 Å². The summed E-state index contributed by atoms with van der Waals surface area (Å²) in [4.78, 5) is 0. The van der Waals surface area contributed by atoms with Crippen LogP contribution < -0.4 is 5.32 Å². The molecule has 0 radical (unpaired) electrons. The predicted octanol–water partition coefficient (Wildman–Crippen LogP) is 1.29. The summed E-state index contributed by atoms with van der Waals surface area (Å²) < 4.78 is 0. The van der Waals surface area contributed by atoms with Crippen molar-refractivity contribution in [1.82, 2.24) is 5.32 Å². The molecule has 1 heterocycles. The van der Waals surface area contributed by atoms with Gasteiger partial charge in [-0.3, -0.25) is 0 Å². The fourth-order valence-electron chi connectivity index (χ4n) is 1.62. The third-order valence-electron chi connectivity index (χ3n) is 2.44. The second-order valence-electron chi connectivity index (χ2n) is 3.44. The molecule has 0 amide bonds. The molecule has 1 rings (SSSR count). The molecule has 2 nitrogen and oxygen atoms in total. The van der Waals surface area contributed by atoms with Crippen LogP contribution in [0.15, 0.2) is 0 Å². The monoisotopic (exact) mass is 157 g/mol. The zero-order chi connectivity index (χ0) is 8.10. The van der Waals surface area contributed by atoms with Gasteiger partial charge in [0.25, 0.3) is 0 Å². The Bertz CT molecular complexity index is 99.7. The largest absolute Gasteiger partial charge is 0.393 e. The van der Waals surface area contributed by atoms with Crippen molar-refractivity contribution in [2.45, 2.75) is 51.2 Å². The highest BCUT2D eigenvalue weighted by atomic mass is 16.3. The van der Waals surface area contributed by atoms with E-state index in [1.54, 1.807) is 0 Å². The highest BCUT2D eigenvalue weighted by Gasteiger charge is 2.15. The number of rotatable bonds is 3. The third-order valence-corrected chi connectivity index (χ3v) is 2.44. The predicted molar refractivity (Wildman–Crippen MR) is 46.6 cm³/mol. The molecule has 0 spiro atoms. The zero-order valence-corrected chi connectivity index (χ0v) is 7.34. The van der Waals surface area contributed by atoms with Crippen LogP contribution in [0.3, 0.4) is 0 Å². The number of hydrogen-bond acceptors (Lipinski definition) is 2. The van der Waals surface area contributed by atoms with Crippen molar-refractivity contribution in [1.29, 1.82) is 0 Å². The third kappa shape index (κ3) is 3.21. The maximum atomic E-state index is 9.37. The van der Waals surface area contributed by atoms with Crippen molar-refractivity contribution in [2.75, 3.05) is 6.54 Å². The SMILES string of the molecule is CCC(O)CC1CCCCN1. The maximum absolute atomic E-state index is 9.37. The van der Waals surface area contributed by atoms with Crippen molar-refractivity contribution < 1.29 is 5.11 Å². The first-order valence-corrected chi connectivity index (χ1v) is 4.74. The topological polar surface area (TPSA) is 32.3 Å². The van der Waals surface area contributed by atoms with Crippen molar-refractivity contribution in [3.05, 3.63) is 0 Å². The first-order chi connectivity index (χ1) is 5.33. The molecule has 2 heteroatoms. The summed E-state index contributed by atoms with van der Waals surface area (Å²) in [6, 6.07) is 0.582. The van der Waals surface area contributed by atoms with Gasteiger partial charge in [-0.25, -0.2) is 0 Å². The summed E-state index contributed by atoms with van der Waals surface area (Å²) in [6.45, 7) is 3.18. The first kappa shape index (κ1) is 9.01. The summed E-state index contributed by atoms with van der Waals surface area (Å²) >= 11 is 0. The summed E-state index contributed by atoms with van der Waals surface area (Å²) in [5.74, 6) is 0. The van der Waals surface area contributed by atoms with Gasteiger partial charge in [-0.15, -0.1) is 0 Å². The van der Waals surface area contributed by atoms with Crippen LogP contribution in [0.4, 0.5) is 0 Å². The molecular weight excluding hydrogens is 138 g/mol. The van der Waals surface area contributed by atoms with E-state index >= 15 is 0 Å². The van der Waals surface area contributed by atoms with Gasteiger partial charge in [0.1, 0.15) is 0 Å². The number of nitrogens with one attached hydrogen (secondary N) is 1. The van der Waals surface area contributed by atoms with E-state index in [-0.39, 0.29) is 6.10 Å². The molecule has 1 aliphatic rings. The van der Waals surface area contributed by atoms with Crippen LogP contribution in [0.5, 0.6) is 0 Å². The van der Waals surface area contributed by atoms with Crippen molar-refractivity contribution >= 4 is 0 Å². The molecular formula is C9H19NO.